The van der Waals surface area contributed by atoms with Crippen molar-refractivity contribution in [3.63, 3.8) is 0 Å². The van der Waals surface area contributed by atoms with Gasteiger partial charge in [0.25, 0.3) is 11.6 Å². The number of rotatable bonds is 8. The fraction of sp³-hybridized carbons (Fsp3) is 0.308. The molecule has 1 saturated heterocycles. The van der Waals surface area contributed by atoms with Crippen molar-refractivity contribution in [2.75, 3.05) is 43.6 Å². The third-order valence-electron chi connectivity index (χ3n) is 6.02. The average molecular weight is 476 g/mol. The first-order valence-corrected chi connectivity index (χ1v) is 11.6. The highest BCUT2D eigenvalue weighted by Gasteiger charge is 2.21. The second-order valence-corrected chi connectivity index (χ2v) is 8.54. The van der Waals surface area contributed by atoms with Crippen molar-refractivity contribution < 1.29 is 14.5 Å². The van der Waals surface area contributed by atoms with Gasteiger partial charge in [0.15, 0.2) is 0 Å². The normalized spacial score (nSPS) is 14.3. The number of carbonyl (C=O) groups excluding carboxylic acids is 1. The number of hydrogen-bond acceptors (Lipinski definition) is 7. The van der Waals surface area contributed by atoms with E-state index >= 15 is 0 Å². The van der Waals surface area contributed by atoms with Crippen molar-refractivity contribution in [2.45, 2.75) is 19.5 Å². The van der Waals surface area contributed by atoms with Crippen LogP contribution in [0.4, 0.5) is 17.1 Å². The van der Waals surface area contributed by atoms with Crippen LogP contribution in [0.2, 0.25) is 0 Å². The Balaban J connectivity index is 1.44. The van der Waals surface area contributed by atoms with Gasteiger partial charge in [-0.2, -0.15) is 0 Å². The van der Waals surface area contributed by atoms with Gasteiger partial charge in [0.1, 0.15) is 5.69 Å². The topological polar surface area (TPSA) is 101 Å². The van der Waals surface area contributed by atoms with Gasteiger partial charge in [0, 0.05) is 50.2 Å². The zero-order valence-electron chi connectivity index (χ0n) is 19.9. The molecule has 1 amide bonds. The predicted molar refractivity (Wildman–Crippen MR) is 135 cm³/mol. The molecule has 1 fully saturated rings. The van der Waals surface area contributed by atoms with E-state index in [4.69, 9.17) is 4.74 Å². The Bertz CT molecular complexity index is 1160. The fourth-order valence-corrected chi connectivity index (χ4v) is 4.08. The molecule has 0 saturated carbocycles. The molecule has 1 aromatic heterocycles. The summed E-state index contributed by atoms with van der Waals surface area (Å²) in [6.07, 6.45) is 1.68. The zero-order valence-corrected chi connectivity index (χ0v) is 19.9. The highest BCUT2D eigenvalue weighted by Crippen LogP contribution is 2.29. The van der Waals surface area contributed by atoms with E-state index in [2.05, 4.69) is 15.2 Å². The first-order valence-electron chi connectivity index (χ1n) is 11.6. The number of amides is 1. The molecule has 1 atom stereocenters. The Hall–Kier alpha value is -3.98. The molecule has 182 valence electrons. The number of ether oxygens (including phenoxy) is 1. The number of nitro groups is 1. The van der Waals surface area contributed by atoms with E-state index in [1.165, 1.54) is 6.07 Å². The molecule has 1 aliphatic heterocycles. The van der Waals surface area contributed by atoms with Crippen LogP contribution in [0.15, 0.2) is 66.9 Å². The highest BCUT2D eigenvalue weighted by molar-refractivity contribution is 5.95. The Morgan fingerprint density at radius 3 is 2.57 bits per heavy atom. The van der Waals surface area contributed by atoms with E-state index < -0.39 is 4.92 Å². The zero-order chi connectivity index (χ0) is 24.8. The third kappa shape index (κ3) is 5.93. The molecule has 3 aromatic rings. The lowest BCUT2D eigenvalue weighted by Gasteiger charge is -2.29. The number of nitrogens with zero attached hydrogens (tertiary/aromatic N) is 4. The molecule has 1 unspecified atom stereocenters. The summed E-state index contributed by atoms with van der Waals surface area (Å²) in [7, 11) is 1.69. The van der Waals surface area contributed by atoms with Gasteiger partial charge in [0.05, 0.1) is 29.9 Å². The summed E-state index contributed by atoms with van der Waals surface area (Å²) < 4.78 is 5.40. The molecular formula is C26H29N5O4. The summed E-state index contributed by atoms with van der Waals surface area (Å²) in [6, 6.07) is 17.9. The molecule has 0 bridgehead atoms. The van der Waals surface area contributed by atoms with Crippen LogP contribution in [0.1, 0.15) is 34.6 Å². The summed E-state index contributed by atoms with van der Waals surface area (Å²) in [5, 5.41) is 14.9. The number of aromatic nitrogens is 1. The predicted octanol–water partition coefficient (Wildman–Crippen LogP) is 4.27. The molecule has 2 aromatic carbocycles. The van der Waals surface area contributed by atoms with Gasteiger partial charge in [-0.15, -0.1) is 0 Å². The highest BCUT2D eigenvalue weighted by atomic mass is 16.6. The van der Waals surface area contributed by atoms with Crippen LogP contribution in [0.25, 0.3) is 0 Å². The van der Waals surface area contributed by atoms with Crippen molar-refractivity contribution in [2.24, 2.45) is 0 Å². The number of morpholine rings is 1. The molecular weight excluding hydrogens is 446 g/mol. The van der Waals surface area contributed by atoms with E-state index in [-0.39, 0.29) is 23.2 Å². The average Bonchev–Trinajstić information content (AvgIpc) is 2.89. The van der Waals surface area contributed by atoms with E-state index in [0.29, 0.717) is 12.2 Å². The van der Waals surface area contributed by atoms with Gasteiger partial charge in [-0.3, -0.25) is 19.9 Å². The molecule has 2 heterocycles. The molecule has 9 nitrogen and oxygen atoms in total. The number of carbonyl (C=O) groups is 1. The van der Waals surface area contributed by atoms with E-state index in [9.17, 15) is 14.9 Å². The summed E-state index contributed by atoms with van der Waals surface area (Å²) in [6.45, 7) is 5.45. The van der Waals surface area contributed by atoms with Gasteiger partial charge in [-0.05, 0) is 48.9 Å². The quantitative estimate of drug-likeness (QED) is 0.383. The van der Waals surface area contributed by atoms with Gasteiger partial charge >= 0.3 is 0 Å². The number of nitro benzene ring substituents is 1. The molecule has 0 radical (unpaired) electrons. The molecule has 0 aliphatic carbocycles. The van der Waals surface area contributed by atoms with Crippen LogP contribution in [0.5, 0.6) is 0 Å². The minimum Gasteiger partial charge on any atom is -0.378 e. The van der Waals surface area contributed by atoms with Gasteiger partial charge < -0.3 is 19.9 Å². The van der Waals surface area contributed by atoms with E-state index in [0.717, 1.165) is 43.2 Å². The summed E-state index contributed by atoms with van der Waals surface area (Å²) >= 11 is 0. The lowest BCUT2D eigenvalue weighted by atomic mass is 10.1. The minimum atomic E-state index is -0.478. The Morgan fingerprint density at radius 2 is 1.91 bits per heavy atom. The van der Waals surface area contributed by atoms with Crippen LogP contribution in [-0.2, 0) is 11.3 Å². The largest absolute Gasteiger partial charge is 0.378 e. The lowest BCUT2D eigenvalue weighted by molar-refractivity contribution is -0.384. The SMILES string of the molecule is CC(Nc1ccc(C(=O)N(C)Cc2ccc(N3CCOCC3)cc2)cc1[N+](=O)[O-])c1ccccn1. The first-order chi connectivity index (χ1) is 16.9. The lowest BCUT2D eigenvalue weighted by Crippen LogP contribution is -2.36. The molecule has 1 aliphatic rings. The number of nitrogens with one attached hydrogen (secondary N) is 1. The number of benzene rings is 2. The summed E-state index contributed by atoms with van der Waals surface area (Å²) in [5.41, 5.74) is 3.33. The van der Waals surface area contributed by atoms with Crippen LogP contribution in [0, 0.1) is 10.1 Å². The molecule has 1 N–H and O–H groups in total. The van der Waals surface area contributed by atoms with E-state index in [1.54, 1.807) is 30.3 Å². The van der Waals surface area contributed by atoms with Gasteiger partial charge in [-0.25, -0.2) is 0 Å². The maximum Gasteiger partial charge on any atom is 0.293 e. The van der Waals surface area contributed by atoms with Crippen molar-refractivity contribution in [3.05, 3.63) is 93.8 Å². The Labute approximate surface area is 204 Å². The van der Waals surface area contributed by atoms with Crippen molar-refractivity contribution in [3.8, 4) is 0 Å². The number of anilines is 2. The maximum atomic E-state index is 13.0. The van der Waals surface area contributed by atoms with Gasteiger partial charge in [0.2, 0.25) is 0 Å². The van der Waals surface area contributed by atoms with E-state index in [1.807, 2.05) is 49.4 Å². The van der Waals surface area contributed by atoms with Crippen LogP contribution >= 0.6 is 0 Å². The van der Waals surface area contributed by atoms with Crippen LogP contribution in [-0.4, -0.2) is 54.1 Å². The summed E-state index contributed by atoms with van der Waals surface area (Å²) in [5.74, 6) is -0.283. The molecule has 4 rings (SSSR count). The Morgan fingerprint density at radius 1 is 1.17 bits per heavy atom. The monoisotopic (exact) mass is 475 g/mol. The second kappa shape index (κ2) is 11.0. The van der Waals surface area contributed by atoms with Crippen LogP contribution in [0.3, 0.4) is 0 Å². The van der Waals surface area contributed by atoms with Gasteiger partial charge in [-0.1, -0.05) is 18.2 Å². The van der Waals surface area contributed by atoms with Crippen LogP contribution < -0.4 is 10.2 Å². The third-order valence-corrected chi connectivity index (χ3v) is 6.02. The Kier molecular flexibility index (Phi) is 7.57. The van der Waals surface area contributed by atoms with Crippen molar-refractivity contribution in [1.82, 2.24) is 9.88 Å². The van der Waals surface area contributed by atoms with Crippen molar-refractivity contribution >= 4 is 23.0 Å². The second-order valence-electron chi connectivity index (χ2n) is 8.54. The maximum absolute atomic E-state index is 13.0. The minimum absolute atomic E-state index is 0.151. The number of pyridine rings is 1. The number of hydrogen-bond donors (Lipinski definition) is 1. The summed E-state index contributed by atoms with van der Waals surface area (Å²) in [4.78, 5) is 32.4. The van der Waals surface area contributed by atoms with Crippen molar-refractivity contribution in [1.29, 1.82) is 0 Å². The molecule has 35 heavy (non-hydrogen) atoms. The molecule has 9 heteroatoms. The first kappa shape index (κ1) is 24.2. The standard InChI is InChI=1S/C26H29N5O4/c1-19(23-5-3-4-12-27-23)28-24-11-8-21(17-25(24)31(33)34)26(32)29(2)18-20-6-9-22(10-7-20)30-13-15-35-16-14-30/h3-12,17,19,28H,13-16,18H2,1-2H3. The smallest absolute Gasteiger partial charge is 0.293 e. The fourth-order valence-electron chi connectivity index (χ4n) is 4.08. The molecule has 0 spiro atoms.